The van der Waals surface area contributed by atoms with Gasteiger partial charge in [0.15, 0.2) is 0 Å². The molecule has 0 saturated carbocycles. The molecule has 1 aromatic carbocycles. The largest absolute Gasteiger partial charge is 0.383 e. The van der Waals surface area contributed by atoms with E-state index >= 15 is 0 Å². The Balaban J connectivity index is 2.11. The Labute approximate surface area is 126 Å². The van der Waals surface area contributed by atoms with Crippen LogP contribution in [0.25, 0.3) is 10.9 Å². The molecule has 0 bridgehead atoms. The van der Waals surface area contributed by atoms with Gasteiger partial charge in [-0.25, -0.2) is 4.68 Å². The van der Waals surface area contributed by atoms with Crippen molar-refractivity contribution in [1.29, 1.82) is 0 Å². The average molecular weight is 307 g/mol. The zero-order valence-corrected chi connectivity index (χ0v) is 12.3. The lowest BCUT2D eigenvalue weighted by atomic mass is 10.1. The highest BCUT2D eigenvalue weighted by molar-refractivity contribution is 6.35. The van der Waals surface area contributed by atoms with Gasteiger partial charge in [-0.1, -0.05) is 29.3 Å². The Morgan fingerprint density at radius 1 is 1.25 bits per heavy atom. The Hall–Kier alpha value is -1.78. The number of nitrogen functional groups attached to an aromatic ring is 1. The molecular weight excluding hydrogens is 295 g/mol. The number of anilines is 1. The lowest BCUT2D eigenvalue weighted by Gasteiger charge is -2.08. The highest BCUT2D eigenvalue weighted by Gasteiger charge is 2.12. The average Bonchev–Trinajstić information content (AvgIpc) is 2.70. The molecule has 3 aromatic rings. The maximum Gasteiger partial charge on any atom is 0.141 e. The molecule has 2 aromatic heterocycles. The van der Waals surface area contributed by atoms with Crippen LogP contribution in [-0.2, 0) is 6.54 Å². The van der Waals surface area contributed by atoms with Gasteiger partial charge < -0.3 is 5.73 Å². The van der Waals surface area contributed by atoms with Crippen molar-refractivity contribution in [3.05, 3.63) is 51.8 Å². The number of aryl methyl sites for hydroxylation is 1. The van der Waals surface area contributed by atoms with Gasteiger partial charge in [0, 0.05) is 22.2 Å². The molecule has 20 heavy (non-hydrogen) atoms. The Morgan fingerprint density at radius 2 is 2.05 bits per heavy atom. The number of rotatable bonds is 2. The fraction of sp³-hybridized carbons (Fsp3) is 0.143. The van der Waals surface area contributed by atoms with Crippen molar-refractivity contribution >= 4 is 39.9 Å². The van der Waals surface area contributed by atoms with Crippen LogP contribution in [0.2, 0.25) is 10.0 Å². The minimum Gasteiger partial charge on any atom is -0.383 e. The third-order valence-electron chi connectivity index (χ3n) is 3.21. The molecule has 0 fully saturated rings. The second-order valence-electron chi connectivity index (χ2n) is 4.55. The van der Waals surface area contributed by atoms with Crippen LogP contribution in [0.1, 0.15) is 11.3 Å². The first-order chi connectivity index (χ1) is 9.58. The summed E-state index contributed by atoms with van der Waals surface area (Å²) >= 11 is 12.2. The van der Waals surface area contributed by atoms with E-state index in [1.54, 1.807) is 10.9 Å². The van der Waals surface area contributed by atoms with Crippen molar-refractivity contribution in [3.63, 3.8) is 0 Å². The second kappa shape index (κ2) is 4.96. The number of hydrogen-bond donors (Lipinski definition) is 1. The van der Waals surface area contributed by atoms with Crippen molar-refractivity contribution in [3.8, 4) is 0 Å². The number of benzene rings is 1. The van der Waals surface area contributed by atoms with Gasteiger partial charge in [-0.3, -0.25) is 4.98 Å². The summed E-state index contributed by atoms with van der Waals surface area (Å²) in [7, 11) is 0. The molecule has 0 aliphatic carbocycles. The highest BCUT2D eigenvalue weighted by Crippen LogP contribution is 2.27. The third-order valence-corrected chi connectivity index (χ3v) is 4.01. The summed E-state index contributed by atoms with van der Waals surface area (Å²) in [6.45, 7) is 2.33. The van der Waals surface area contributed by atoms with Gasteiger partial charge in [-0.2, -0.15) is 5.10 Å². The first-order valence-electron chi connectivity index (χ1n) is 6.08. The van der Waals surface area contributed by atoms with Crippen LogP contribution in [0.15, 0.2) is 30.5 Å². The summed E-state index contributed by atoms with van der Waals surface area (Å²) in [5.74, 6) is 0.461. The van der Waals surface area contributed by atoms with E-state index in [0.717, 1.165) is 22.2 Å². The molecule has 0 saturated heterocycles. The van der Waals surface area contributed by atoms with E-state index in [2.05, 4.69) is 10.1 Å². The first-order valence-corrected chi connectivity index (χ1v) is 6.84. The van der Waals surface area contributed by atoms with Gasteiger partial charge in [-0.05, 0) is 25.1 Å². The summed E-state index contributed by atoms with van der Waals surface area (Å²) < 4.78 is 1.68. The molecule has 2 heterocycles. The number of nitrogens with two attached hydrogens (primary N) is 1. The summed E-state index contributed by atoms with van der Waals surface area (Å²) in [4.78, 5) is 4.40. The number of nitrogens with zero attached hydrogens (tertiary/aromatic N) is 3. The zero-order valence-electron chi connectivity index (χ0n) is 10.8. The minimum absolute atomic E-state index is 0.461. The first kappa shape index (κ1) is 13.2. The van der Waals surface area contributed by atoms with Crippen molar-refractivity contribution < 1.29 is 0 Å². The maximum atomic E-state index is 6.18. The Morgan fingerprint density at radius 3 is 2.75 bits per heavy atom. The fourth-order valence-corrected chi connectivity index (χ4v) is 2.53. The zero-order chi connectivity index (χ0) is 14.3. The SMILES string of the molecule is Cc1nn(Cc2ccc(Cl)c3cccnc23)c(N)c1Cl. The van der Waals surface area contributed by atoms with Crippen LogP contribution in [0.5, 0.6) is 0 Å². The molecule has 0 atom stereocenters. The molecular formula is C14H12Cl2N4. The van der Waals surface area contributed by atoms with E-state index in [1.165, 1.54) is 0 Å². The van der Waals surface area contributed by atoms with Crippen LogP contribution >= 0.6 is 23.2 Å². The molecule has 0 unspecified atom stereocenters. The van der Waals surface area contributed by atoms with E-state index in [1.807, 2.05) is 31.2 Å². The fourth-order valence-electron chi connectivity index (χ4n) is 2.18. The van der Waals surface area contributed by atoms with E-state index in [-0.39, 0.29) is 0 Å². The normalized spacial score (nSPS) is 11.2. The van der Waals surface area contributed by atoms with Crippen LogP contribution in [0, 0.1) is 6.92 Å². The summed E-state index contributed by atoms with van der Waals surface area (Å²) in [5, 5.41) is 6.43. The van der Waals surface area contributed by atoms with Gasteiger partial charge in [0.1, 0.15) is 10.8 Å². The number of halogens is 2. The molecule has 6 heteroatoms. The predicted molar refractivity (Wildman–Crippen MR) is 82.2 cm³/mol. The van der Waals surface area contributed by atoms with Crippen LogP contribution in [-0.4, -0.2) is 14.8 Å². The van der Waals surface area contributed by atoms with Gasteiger partial charge in [0.25, 0.3) is 0 Å². The molecule has 102 valence electrons. The molecule has 4 nitrogen and oxygen atoms in total. The molecule has 0 spiro atoms. The molecule has 0 radical (unpaired) electrons. The molecule has 0 aliphatic rings. The van der Waals surface area contributed by atoms with E-state index in [9.17, 15) is 0 Å². The minimum atomic E-state index is 0.461. The van der Waals surface area contributed by atoms with Gasteiger partial charge in [0.05, 0.1) is 17.8 Å². The van der Waals surface area contributed by atoms with Crippen LogP contribution in [0.4, 0.5) is 5.82 Å². The molecule has 2 N–H and O–H groups in total. The molecule has 0 aliphatic heterocycles. The van der Waals surface area contributed by atoms with Gasteiger partial charge in [-0.15, -0.1) is 0 Å². The standard InChI is InChI=1S/C14H12Cl2N4/c1-8-12(16)14(17)20(19-8)7-9-4-5-11(15)10-3-2-6-18-13(9)10/h2-6H,7,17H2,1H3. The van der Waals surface area contributed by atoms with Crippen molar-refractivity contribution in [2.24, 2.45) is 0 Å². The predicted octanol–water partition coefficient (Wildman–Crippen LogP) is 3.68. The van der Waals surface area contributed by atoms with Crippen molar-refractivity contribution in [2.75, 3.05) is 5.73 Å². The lowest BCUT2D eigenvalue weighted by Crippen LogP contribution is -2.07. The smallest absolute Gasteiger partial charge is 0.141 e. The quantitative estimate of drug-likeness (QED) is 0.786. The lowest BCUT2D eigenvalue weighted by molar-refractivity contribution is 0.691. The van der Waals surface area contributed by atoms with Gasteiger partial charge in [0.2, 0.25) is 0 Å². The third kappa shape index (κ3) is 2.11. The van der Waals surface area contributed by atoms with Crippen LogP contribution < -0.4 is 5.73 Å². The summed E-state index contributed by atoms with van der Waals surface area (Å²) in [6.07, 6.45) is 1.74. The topological polar surface area (TPSA) is 56.7 Å². The van der Waals surface area contributed by atoms with E-state index in [4.69, 9.17) is 28.9 Å². The summed E-state index contributed by atoms with van der Waals surface area (Å²) in [6, 6.07) is 7.59. The molecule has 0 amide bonds. The molecule has 3 rings (SSSR count). The monoisotopic (exact) mass is 306 g/mol. The number of pyridine rings is 1. The highest BCUT2D eigenvalue weighted by atomic mass is 35.5. The van der Waals surface area contributed by atoms with E-state index < -0.39 is 0 Å². The van der Waals surface area contributed by atoms with E-state index in [0.29, 0.717) is 22.4 Å². The Kier molecular flexibility index (Phi) is 3.28. The number of hydrogen-bond acceptors (Lipinski definition) is 3. The Bertz CT molecular complexity index is 795. The van der Waals surface area contributed by atoms with Crippen molar-refractivity contribution in [1.82, 2.24) is 14.8 Å². The maximum absolute atomic E-state index is 6.18. The van der Waals surface area contributed by atoms with Crippen molar-refractivity contribution in [2.45, 2.75) is 13.5 Å². The second-order valence-corrected chi connectivity index (χ2v) is 5.33. The van der Waals surface area contributed by atoms with Crippen LogP contribution in [0.3, 0.4) is 0 Å². The van der Waals surface area contributed by atoms with Gasteiger partial charge >= 0.3 is 0 Å². The summed E-state index contributed by atoms with van der Waals surface area (Å²) in [5.41, 5.74) is 8.51. The number of aromatic nitrogens is 3. The number of fused-ring (bicyclic) bond motifs is 1.